The number of ether oxygens (including phenoxy) is 1. The molecule has 2 atom stereocenters. The molecule has 1 aliphatic rings. The molecule has 0 aromatic heterocycles. The molecule has 0 spiro atoms. The van der Waals surface area contributed by atoms with Gasteiger partial charge in [0.25, 0.3) is 0 Å². The molecule has 0 saturated carbocycles. The van der Waals surface area contributed by atoms with Gasteiger partial charge in [0.15, 0.2) is 0 Å². The Labute approximate surface area is 100.0 Å². The second kappa shape index (κ2) is 4.26. The van der Waals surface area contributed by atoms with E-state index in [-0.39, 0.29) is 6.10 Å². The third-order valence-electron chi connectivity index (χ3n) is 3.22. The van der Waals surface area contributed by atoms with Crippen molar-refractivity contribution in [2.45, 2.75) is 32.8 Å². The zero-order valence-electron chi connectivity index (χ0n) is 9.46. The molecule has 2 rings (SSSR count). The quantitative estimate of drug-likeness (QED) is 0.739. The maximum atomic E-state index is 5.81. The Morgan fingerprint density at radius 3 is 2.73 bits per heavy atom. The summed E-state index contributed by atoms with van der Waals surface area (Å²) in [7, 11) is 0. The number of benzene rings is 1. The van der Waals surface area contributed by atoms with E-state index in [1.54, 1.807) is 0 Å². The first-order chi connectivity index (χ1) is 7.09. The lowest BCUT2D eigenvalue weighted by atomic mass is 9.83. The minimum absolute atomic E-state index is 0.229. The average Bonchev–Trinajstić information content (AvgIpc) is 2.19. The van der Waals surface area contributed by atoms with E-state index in [0.717, 1.165) is 11.1 Å². The third kappa shape index (κ3) is 2.11. The van der Waals surface area contributed by atoms with Crippen LogP contribution < -0.4 is 0 Å². The van der Waals surface area contributed by atoms with Crippen LogP contribution in [0.25, 0.3) is 0 Å². The van der Waals surface area contributed by atoms with Crippen molar-refractivity contribution in [3.8, 4) is 0 Å². The van der Waals surface area contributed by atoms with Gasteiger partial charge in [-0.25, -0.2) is 0 Å². The fraction of sp³-hybridized carbons (Fsp3) is 0.538. The summed E-state index contributed by atoms with van der Waals surface area (Å²) in [5, 5.41) is 0. The fourth-order valence-electron chi connectivity index (χ4n) is 2.21. The Hall–Kier alpha value is -0.340. The second-order valence-corrected chi connectivity index (χ2v) is 5.51. The van der Waals surface area contributed by atoms with Gasteiger partial charge in [-0.1, -0.05) is 35.8 Å². The van der Waals surface area contributed by atoms with Gasteiger partial charge in [0.2, 0.25) is 0 Å². The summed E-state index contributed by atoms with van der Waals surface area (Å²) >= 11 is 3.52. The van der Waals surface area contributed by atoms with Crippen LogP contribution in [0, 0.1) is 5.92 Å². The maximum absolute atomic E-state index is 5.81. The molecule has 15 heavy (non-hydrogen) atoms. The van der Waals surface area contributed by atoms with Gasteiger partial charge in [0.1, 0.15) is 0 Å². The molecule has 0 bridgehead atoms. The second-order valence-electron chi connectivity index (χ2n) is 4.60. The van der Waals surface area contributed by atoms with E-state index < -0.39 is 0 Å². The summed E-state index contributed by atoms with van der Waals surface area (Å²) in [6.07, 6.45) is 0.229. The highest BCUT2D eigenvalue weighted by Crippen LogP contribution is 2.38. The van der Waals surface area contributed by atoms with Crippen molar-refractivity contribution in [3.63, 3.8) is 0 Å². The number of hydrogen-bond donors (Lipinski definition) is 0. The smallest absolute Gasteiger partial charge is 0.0800 e. The predicted octanol–water partition coefficient (Wildman–Crippen LogP) is 4.28. The Kier molecular flexibility index (Phi) is 3.17. The highest BCUT2D eigenvalue weighted by Gasteiger charge is 2.27. The highest BCUT2D eigenvalue weighted by molar-refractivity contribution is 9.10. The van der Waals surface area contributed by atoms with Crippen molar-refractivity contribution >= 4 is 15.9 Å². The standard InChI is InChI=1S/C13H17BrO/c1-8(2)13-7-15-9(3)12-6-10(14)4-5-11(12)13/h4-6,8-9,13H,7H2,1-3H3/t9-,13-/m1/s1. The lowest BCUT2D eigenvalue weighted by molar-refractivity contribution is 0.0308. The molecule has 1 aromatic carbocycles. The van der Waals surface area contributed by atoms with Crippen molar-refractivity contribution in [2.75, 3.05) is 6.61 Å². The molecular weight excluding hydrogens is 252 g/mol. The molecule has 0 radical (unpaired) electrons. The first-order valence-electron chi connectivity index (χ1n) is 5.50. The van der Waals surface area contributed by atoms with E-state index >= 15 is 0 Å². The highest BCUT2D eigenvalue weighted by atomic mass is 79.9. The van der Waals surface area contributed by atoms with Gasteiger partial charge in [-0.3, -0.25) is 0 Å². The first-order valence-corrected chi connectivity index (χ1v) is 6.30. The summed E-state index contributed by atoms with van der Waals surface area (Å²) in [6, 6.07) is 6.56. The molecule has 82 valence electrons. The Morgan fingerprint density at radius 2 is 2.07 bits per heavy atom. The Bertz CT molecular complexity index is 360. The predicted molar refractivity (Wildman–Crippen MR) is 66.1 cm³/mol. The van der Waals surface area contributed by atoms with Crippen molar-refractivity contribution in [3.05, 3.63) is 33.8 Å². The van der Waals surface area contributed by atoms with E-state index in [9.17, 15) is 0 Å². The van der Waals surface area contributed by atoms with Crippen molar-refractivity contribution in [1.82, 2.24) is 0 Å². The van der Waals surface area contributed by atoms with Crippen LogP contribution in [-0.2, 0) is 4.74 Å². The van der Waals surface area contributed by atoms with E-state index in [1.807, 2.05) is 0 Å². The molecule has 0 amide bonds. The largest absolute Gasteiger partial charge is 0.373 e. The number of halogens is 1. The van der Waals surface area contributed by atoms with E-state index in [0.29, 0.717) is 11.8 Å². The minimum Gasteiger partial charge on any atom is -0.373 e. The van der Waals surface area contributed by atoms with Gasteiger partial charge in [0, 0.05) is 10.4 Å². The number of hydrogen-bond acceptors (Lipinski definition) is 1. The zero-order chi connectivity index (χ0) is 11.0. The van der Waals surface area contributed by atoms with Crippen molar-refractivity contribution in [1.29, 1.82) is 0 Å². The molecule has 2 heteroatoms. The summed E-state index contributed by atoms with van der Waals surface area (Å²) < 4.78 is 6.95. The molecule has 0 aliphatic carbocycles. The Balaban J connectivity index is 2.45. The van der Waals surface area contributed by atoms with Gasteiger partial charge >= 0.3 is 0 Å². The molecular formula is C13H17BrO. The van der Waals surface area contributed by atoms with E-state index in [4.69, 9.17) is 4.74 Å². The molecule has 1 heterocycles. The minimum atomic E-state index is 0.229. The molecule has 0 fully saturated rings. The van der Waals surface area contributed by atoms with Crippen molar-refractivity contribution in [2.24, 2.45) is 5.92 Å². The summed E-state index contributed by atoms with van der Waals surface area (Å²) in [5.74, 6) is 1.18. The van der Waals surface area contributed by atoms with Crippen LogP contribution >= 0.6 is 15.9 Å². The van der Waals surface area contributed by atoms with Crippen LogP contribution in [0.5, 0.6) is 0 Å². The lowest BCUT2D eigenvalue weighted by Gasteiger charge is -2.32. The first kappa shape index (κ1) is 11.2. The van der Waals surface area contributed by atoms with E-state index in [2.05, 4.69) is 54.9 Å². The van der Waals surface area contributed by atoms with Crippen LogP contribution in [0.15, 0.2) is 22.7 Å². The van der Waals surface area contributed by atoms with Gasteiger partial charge < -0.3 is 4.74 Å². The molecule has 1 nitrogen and oxygen atoms in total. The summed E-state index contributed by atoms with van der Waals surface area (Å²) in [5.41, 5.74) is 2.81. The van der Waals surface area contributed by atoms with Crippen LogP contribution in [0.1, 0.15) is 43.9 Å². The average molecular weight is 269 g/mol. The normalized spacial score (nSPS) is 25.4. The van der Waals surface area contributed by atoms with Crippen molar-refractivity contribution < 1.29 is 4.74 Å². The van der Waals surface area contributed by atoms with Crippen LogP contribution in [0.3, 0.4) is 0 Å². The van der Waals surface area contributed by atoms with E-state index in [1.165, 1.54) is 11.1 Å². The number of fused-ring (bicyclic) bond motifs is 1. The topological polar surface area (TPSA) is 9.23 Å². The fourth-order valence-corrected chi connectivity index (χ4v) is 2.59. The van der Waals surface area contributed by atoms with Gasteiger partial charge in [-0.05, 0) is 36.1 Å². The summed E-state index contributed by atoms with van der Waals surface area (Å²) in [6.45, 7) is 7.50. The van der Waals surface area contributed by atoms with Crippen LogP contribution in [-0.4, -0.2) is 6.61 Å². The SMILES string of the molecule is CC(C)[C@H]1CO[C@H](C)c2cc(Br)ccc21. The third-order valence-corrected chi connectivity index (χ3v) is 3.71. The van der Waals surface area contributed by atoms with Crippen LogP contribution in [0.2, 0.25) is 0 Å². The summed E-state index contributed by atoms with van der Waals surface area (Å²) in [4.78, 5) is 0. The zero-order valence-corrected chi connectivity index (χ0v) is 11.0. The molecule has 0 saturated heterocycles. The van der Waals surface area contributed by atoms with Gasteiger partial charge in [0.05, 0.1) is 12.7 Å². The molecule has 0 N–H and O–H groups in total. The lowest BCUT2D eigenvalue weighted by Crippen LogP contribution is -2.23. The molecule has 1 aromatic rings. The number of rotatable bonds is 1. The van der Waals surface area contributed by atoms with Gasteiger partial charge in [-0.15, -0.1) is 0 Å². The molecule has 0 unspecified atom stereocenters. The van der Waals surface area contributed by atoms with Crippen LogP contribution in [0.4, 0.5) is 0 Å². The maximum Gasteiger partial charge on any atom is 0.0800 e. The van der Waals surface area contributed by atoms with Gasteiger partial charge in [-0.2, -0.15) is 0 Å². The monoisotopic (exact) mass is 268 g/mol. The Morgan fingerprint density at radius 1 is 1.33 bits per heavy atom. The molecule has 1 aliphatic heterocycles.